The van der Waals surface area contributed by atoms with Crippen LogP contribution in [0.1, 0.15) is 32.8 Å². The molecule has 1 aromatic carbocycles. The first-order chi connectivity index (χ1) is 10.7. The quantitative estimate of drug-likeness (QED) is 0.913. The predicted molar refractivity (Wildman–Crippen MR) is 87.6 cm³/mol. The number of carbonyl (C=O) groups excluding carboxylic acids is 1. The fraction of sp³-hybridized carbons (Fsp3) is 0.529. The van der Waals surface area contributed by atoms with E-state index in [9.17, 15) is 14.7 Å². The molecule has 1 saturated heterocycles. The molecule has 1 heterocycles. The molecule has 2 rings (SSSR count). The summed E-state index contributed by atoms with van der Waals surface area (Å²) in [5.41, 5.74) is 0.434. The lowest BCUT2D eigenvalue weighted by molar-refractivity contribution is -0.142. The second-order valence-corrected chi connectivity index (χ2v) is 7.36. The lowest BCUT2D eigenvalue weighted by Crippen LogP contribution is -2.43. The number of nitrogens with zero attached hydrogens (tertiary/aromatic N) is 1. The van der Waals surface area contributed by atoms with Crippen molar-refractivity contribution < 1.29 is 19.4 Å². The number of carbonyl (C=O) groups is 2. The molecule has 1 amide bonds. The SMILES string of the molecule is CC(C)(C)OC(=O)N1CC(Cc2ccc(Cl)cc2)CC1C(=O)O. The maximum Gasteiger partial charge on any atom is 0.411 e. The first-order valence-electron chi connectivity index (χ1n) is 7.62. The maximum absolute atomic E-state index is 12.2. The van der Waals surface area contributed by atoms with Gasteiger partial charge in [-0.1, -0.05) is 23.7 Å². The Morgan fingerprint density at radius 2 is 1.91 bits per heavy atom. The number of halogens is 1. The highest BCUT2D eigenvalue weighted by atomic mass is 35.5. The zero-order valence-corrected chi connectivity index (χ0v) is 14.3. The van der Waals surface area contributed by atoms with Gasteiger partial charge in [0.25, 0.3) is 0 Å². The Morgan fingerprint density at radius 3 is 2.43 bits per heavy atom. The summed E-state index contributed by atoms with van der Waals surface area (Å²) in [6.07, 6.45) is 0.570. The highest BCUT2D eigenvalue weighted by Crippen LogP contribution is 2.28. The van der Waals surface area contributed by atoms with Crippen LogP contribution in [0.4, 0.5) is 4.79 Å². The van der Waals surface area contributed by atoms with Gasteiger partial charge in [-0.3, -0.25) is 4.90 Å². The highest BCUT2D eigenvalue weighted by Gasteiger charge is 2.41. The molecule has 126 valence electrons. The van der Waals surface area contributed by atoms with E-state index in [4.69, 9.17) is 16.3 Å². The van der Waals surface area contributed by atoms with E-state index < -0.39 is 23.7 Å². The smallest absolute Gasteiger partial charge is 0.411 e. The number of hydrogen-bond acceptors (Lipinski definition) is 3. The molecule has 6 heteroatoms. The Morgan fingerprint density at radius 1 is 1.30 bits per heavy atom. The Bertz CT molecular complexity index is 579. The number of carboxylic acids is 1. The minimum absolute atomic E-state index is 0.0878. The van der Waals surface area contributed by atoms with Crippen molar-refractivity contribution in [3.63, 3.8) is 0 Å². The van der Waals surface area contributed by atoms with Crippen LogP contribution < -0.4 is 0 Å². The Hall–Kier alpha value is -1.75. The molecular weight excluding hydrogens is 318 g/mol. The lowest BCUT2D eigenvalue weighted by atomic mass is 9.97. The number of benzene rings is 1. The van der Waals surface area contributed by atoms with Gasteiger partial charge in [-0.2, -0.15) is 0 Å². The van der Waals surface area contributed by atoms with Gasteiger partial charge in [0.15, 0.2) is 0 Å². The van der Waals surface area contributed by atoms with E-state index in [0.29, 0.717) is 24.4 Å². The molecular formula is C17H22ClNO4. The number of aliphatic carboxylic acids is 1. The predicted octanol–water partition coefficient (Wildman–Crippen LogP) is 3.59. The second kappa shape index (κ2) is 6.79. The molecule has 5 nitrogen and oxygen atoms in total. The fourth-order valence-electron chi connectivity index (χ4n) is 2.78. The van der Waals surface area contributed by atoms with Gasteiger partial charge in [0.2, 0.25) is 0 Å². The van der Waals surface area contributed by atoms with Crippen LogP contribution in [0.3, 0.4) is 0 Å². The molecule has 0 radical (unpaired) electrons. The minimum Gasteiger partial charge on any atom is -0.480 e. The fourth-order valence-corrected chi connectivity index (χ4v) is 2.91. The van der Waals surface area contributed by atoms with Crippen molar-refractivity contribution in [3.8, 4) is 0 Å². The molecule has 0 aromatic heterocycles. The van der Waals surface area contributed by atoms with E-state index >= 15 is 0 Å². The summed E-state index contributed by atoms with van der Waals surface area (Å²) in [6.45, 7) is 5.68. The molecule has 0 spiro atoms. The maximum atomic E-state index is 12.2. The van der Waals surface area contributed by atoms with E-state index in [2.05, 4.69) is 0 Å². The van der Waals surface area contributed by atoms with E-state index in [0.717, 1.165) is 5.56 Å². The number of likely N-dealkylation sites (tertiary alicyclic amines) is 1. The largest absolute Gasteiger partial charge is 0.480 e. The minimum atomic E-state index is -0.991. The van der Waals surface area contributed by atoms with E-state index in [1.807, 2.05) is 24.3 Å². The van der Waals surface area contributed by atoms with Gasteiger partial charge in [-0.25, -0.2) is 9.59 Å². The van der Waals surface area contributed by atoms with Gasteiger partial charge < -0.3 is 9.84 Å². The monoisotopic (exact) mass is 339 g/mol. The topological polar surface area (TPSA) is 66.8 Å². The van der Waals surface area contributed by atoms with Gasteiger partial charge >= 0.3 is 12.1 Å². The summed E-state index contributed by atoms with van der Waals surface area (Å²) in [4.78, 5) is 25.0. The first kappa shape index (κ1) is 17.6. The molecule has 23 heavy (non-hydrogen) atoms. The summed E-state index contributed by atoms with van der Waals surface area (Å²) >= 11 is 5.87. The molecule has 1 N–H and O–H groups in total. The van der Waals surface area contributed by atoms with Gasteiger partial charge in [0, 0.05) is 11.6 Å². The lowest BCUT2D eigenvalue weighted by Gasteiger charge is -2.26. The second-order valence-electron chi connectivity index (χ2n) is 6.92. The number of ether oxygens (including phenoxy) is 1. The molecule has 1 aliphatic heterocycles. The van der Waals surface area contributed by atoms with Crippen LogP contribution in [0.5, 0.6) is 0 Å². The van der Waals surface area contributed by atoms with Crippen molar-refractivity contribution >= 4 is 23.7 Å². The van der Waals surface area contributed by atoms with Crippen molar-refractivity contribution in [2.75, 3.05) is 6.54 Å². The Kier molecular flexibility index (Phi) is 5.19. The molecule has 1 aromatic rings. The van der Waals surface area contributed by atoms with Crippen LogP contribution in [-0.2, 0) is 16.0 Å². The molecule has 0 bridgehead atoms. The number of rotatable bonds is 3. The van der Waals surface area contributed by atoms with Crippen molar-refractivity contribution in [1.82, 2.24) is 4.90 Å². The zero-order valence-electron chi connectivity index (χ0n) is 13.6. The highest BCUT2D eigenvalue weighted by molar-refractivity contribution is 6.30. The number of hydrogen-bond donors (Lipinski definition) is 1. The summed E-state index contributed by atoms with van der Waals surface area (Å²) in [5.74, 6) is -0.903. The van der Waals surface area contributed by atoms with Gasteiger partial charge in [-0.05, 0) is 57.2 Å². The summed E-state index contributed by atoms with van der Waals surface area (Å²) in [6, 6.07) is 6.64. The van der Waals surface area contributed by atoms with Gasteiger partial charge in [0.05, 0.1) is 0 Å². The third-order valence-corrected chi connectivity index (χ3v) is 3.99. The van der Waals surface area contributed by atoms with Crippen LogP contribution in [0.25, 0.3) is 0 Å². The van der Waals surface area contributed by atoms with Crippen molar-refractivity contribution in [3.05, 3.63) is 34.9 Å². The summed E-state index contributed by atoms with van der Waals surface area (Å²) in [5, 5.41) is 10.0. The first-order valence-corrected chi connectivity index (χ1v) is 8.00. The average Bonchev–Trinajstić information content (AvgIpc) is 2.84. The van der Waals surface area contributed by atoms with Crippen LogP contribution in [0.2, 0.25) is 5.02 Å². The molecule has 1 fully saturated rings. The Balaban J connectivity index is 2.06. The molecule has 2 atom stereocenters. The van der Waals surface area contributed by atoms with Crippen molar-refractivity contribution in [2.24, 2.45) is 5.92 Å². The number of carboxylic acid groups (broad SMARTS) is 1. The van der Waals surface area contributed by atoms with Crippen molar-refractivity contribution in [1.29, 1.82) is 0 Å². The molecule has 0 aliphatic carbocycles. The van der Waals surface area contributed by atoms with E-state index in [-0.39, 0.29) is 5.92 Å². The van der Waals surface area contributed by atoms with E-state index in [1.54, 1.807) is 20.8 Å². The molecule has 2 unspecified atom stereocenters. The van der Waals surface area contributed by atoms with Crippen LogP contribution >= 0.6 is 11.6 Å². The standard InChI is InChI=1S/C17H22ClNO4/c1-17(2,3)23-16(22)19-10-12(9-14(19)15(20)21)8-11-4-6-13(18)7-5-11/h4-7,12,14H,8-10H2,1-3H3,(H,20,21). The van der Waals surface area contributed by atoms with Crippen LogP contribution in [-0.4, -0.2) is 40.3 Å². The van der Waals surface area contributed by atoms with E-state index in [1.165, 1.54) is 4.90 Å². The third-order valence-electron chi connectivity index (χ3n) is 3.74. The average molecular weight is 340 g/mol. The third kappa shape index (κ3) is 4.86. The normalized spacial score (nSPS) is 21.3. The van der Waals surface area contributed by atoms with Gasteiger partial charge in [0.1, 0.15) is 11.6 Å². The van der Waals surface area contributed by atoms with Gasteiger partial charge in [-0.15, -0.1) is 0 Å². The zero-order chi connectivity index (χ0) is 17.2. The Labute approximate surface area is 141 Å². The number of amides is 1. The van der Waals surface area contributed by atoms with Crippen LogP contribution in [0.15, 0.2) is 24.3 Å². The molecule has 1 aliphatic rings. The van der Waals surface area contributed by atoms with Crippen LogP contribution in [0, 0.1) is 5.92 Å². The van der Waals surface area contributed by atoms with Crippen molar-refractivity contribution in [2.45, 2.75) is 45.3 Å². The molecule has 0 saturated carbocycles. The summed E-state index contributed by atoms with van der Waals surface area (Å²) < 4.78 is 5.32. The summed E-state index contributed by atoms with van der Waals surface area (Å²) in [7, 11) is 0.